The number of alkyl halides is 3. The maximum atomic E-state index is 13.5. The van der Waals surface area contributed by atoms with Crippen LogP contribution in [0.25, 0.3) is 0 Å². The number of ether oxygens (including phenoxy) is 1. The van der Waals surface area contributed by atoms with Gasteiger partial charge in [0.2, 0.25) is 0 Å². The molecular formula is C17H14F4O5S. The second kappa shape index (κ2) is 7.18. The Balaban J connectivity index is 2.61. The zero-order valence-electron chi connectivity index (χ0n) is 14.0. The number of carbonyl (C=O) groups is 1. The van der Waals surface area contributed by atoms with Crippen molar-refractivity contribution in [2.75, 3.05) is 6.26 Å². The Bertz CT molecular complexity index is 983. The largest absolute Gasteiger partial charge is 0.481 e. The van der Waals surface area contributed by atoms with E-state index in [9.17, 15) is 30.8 Å². The highest BCUT2D eigenvalue weighted by molar-refractivity contribution is 7.90. The fourth-order valence-electron chi connectivity index (χ4n) is 2.26. The topological polar surface area (TPSA) is 80.7 Å². The lowest BCUT2D eigenvalue weighted by Gasteiger charge is -2.18. The number of halogens is 4. The van der Waals surface area contributed by atoms with E-state index in [1.165, 1.54) is 6.92 Å². The minimum absolute atomic E-state index is 0.0378. The number of benzene rings is 2. The summed E-state index contributed by atoms with van der Waals surface area (Å²) in [4.78, 5) is 10.6. The summed E-state index contributed by atoms with van der Waals surface area (Å²) in [6.07, 6.45) is -4.20. The van der Waals surface area contributed by atoms with Crippen molar-refractivity contribution in [2.24, 2.45) is 0 Å². The molecule has 0 aliphatic heterocycles. The van der Waals surface area contributed by atoms with Crippen LogP contribution in [0.2, 0.25) is 0 Å². The molecule has 0 bridgehead atoms. The van der Waals surface area contributed by atoms with Crippen LogP contribution in [0, 0.1) is 5.82 Å². The van der Waals surface area contributed by atoms with Crippen molar-refractivity contribution in [3.05, 3.63) is 53.3 Å². The first-order chi connectivity index (χ1) is 12.3. The van der Waals surface area contributed by atoms with Gasteiger partial charge in [-0.3, -0.25) is 4.79 Å². The molecule has 0 amide bonds. The SMILES string of the molecule is CC(C(=O)O)c1ccc(F)cc1Oc1ccc(S(C)(=O)=O)cc1C(F)(F)F. The van der Waals surface area contributed by atoms with Crippen LogP contribution in [-0.2, 0) is 20.8 Å². The molecule has 27 heavy (non-hydrogen) atoms. The molecule has 1 unspecified atom stereocenters. The molecule has 2 rings (SSSR count). The van der Waals surface area contributed by atoms with Crippen molar-refractivity contribution in [1.82, 2.24) is 0 Å². The van der Waals surface area contributed by atoms with Crippen LogP contribution in [0.3, 0.4) is 0 Å². The van der Waals surface area contributed by atoms with E-state index in [0.29, 0.717) is 6.07 Å². The summed E-state index contributed by atoms with van der Waals surface area (Å²) >= 11 is 0. The van der Waals surface area contributed by atoms with Crippen molar-refractivity contribution in [1.29, 1.82) is 0 Å². The number of rotatable bonds is 5. The summed E-state index contributed by atoms with van der Waals surface area (Å²) in [5, 5.41) is 9.11. The minimum atomic E-state index is -4.96. The van der Waals surface area contributed by atoms with Crippen LogP contribution >= 0.6 is 0 Å². The zero-order valence-corrected chi connectivity index (χ0v) is 14.9. The number of carboxylic acids is 1. The lowest BCUT2D eigenvalue weighted by atomic mass is 10.0. The molecule has 0 aliphatic carbocycles. The Kier molecular flexibility index (Phi) is 5.50. The summed E-state index contributed by atoms with van der Waals surface area (Å²) in [7, 11) is -3.91. The van der Waals surface area contributed by atoms with Crippen LogP contribution in [0.5, 0.6) is 11.5 Å². The molecule has 1 N–H and O–H groups in total. The Morgan fingerprint density at radius 2 is 1.74 bits per heavy atom. The molecule has 0 spiro atoms. The second-order valence-electron chi connectivity index (χ2n) is 5.77. The third kappa shape index (κ3) is 4.76. The molecule has 0 heterocycles. The normalized spacial score (nSPS) is 13.3. The van der Waals surface area contributed by atoms with Gasteiger partial charge in [0.15, 0.2) is 9.84 Å². The standard InChI is InChI=1S/C17H14F4O5S/c1-9(16(22)23)12-5-3-10(18)7-15(12)26-14-6-4-11(27(2,24)25)8-13(14)17(19,20)21/h3-9H,1-2H3,(H,22,23). The van der Waals surface area contributed by atoms with Gasteiger partial charge in [-0.2, -0.15) is 13.2 Å². The van der Waals surface area contributed by atoms with Crippen molar-refractivity contribution in [3.63, 3.8) is 0 Å². The Hall–Kier alpha value is -2.62. The minimum Gasteiger partial charge on any atom is -0.481 e. The second-order valence-corrected chi connectivity index (χ2v) is 7.79. The number of hydrogen-bond donors (Lipinski definition) is 1. The Labute approximate surface area is 152 Å². The van der Waals surface area contributed by atoms with Gasteiger partial charge in [-0.25, -0.2) is 12.8 Å². The molecule has 0 saturated heterocycles. The molecule has 0 aliphatic rings. The fourth-order valence-corrected chi connectivity index (χ4v) is 2.90. The highest BCUT2D eigenvalue weighted by Gasteiger charge is 2.36. The van der Waals surface area contributed by atoms with Crippen LogP contribution in [0.1, 0.15) is 24.0 Å². The third-order valence-electron chi connectivity index (χ3n) is 3.72. The smallest absolute Gasteiger partial charge is 0.420 e. The molecule has 0 fully saturated rings. The lowest BCUT2D eigenvalue weighted by molar-refractivity contribution is -0.139. The van der Waals surface area contributed by atoms with Gasteiger partial charge in [0.05, 0.1) is 16.4 Å². The van der Waals surface area contributed by atoms with Gasteiger partial charge in [0.25, 0.3) is 0 Å². The van der Waals surface area contributed by atoms with Gasteiger partial charge in [-0.1, -0.05) is 6.07 Å². The summed E-state index contributed by atoms with van der Waals surface area (Å²) in [5.41, 5.74) is -1.42. The summed E-state index contributed by atoms with van der Waals surface area (Å²) in [6, 6.07) is 4.93. The van der Waals surface area contributed by atoms with E-state index in [1.807, 2.05) is 0 Å². The Morgan fingerprint density at radius 1 is 1.11 bits per heavy atom. The summed E-state index contributed by atoms with van der Waals surface area (Å²) < 4.78 is 81.8. The van der Waals surface area contributed by atoms with Gasteiger partial charge in [-0.15, -0.1) is 0 Å². The van der Waals surface area contributed by atoms with Gasteiger partial charge >= 0.3 is 12.1 Å². The van der Waals surface area contributed by atoms with Crippen LogP contribution < -0.4 is 4.74 Å². The van der Waals surface area contributed by atoms with Gasteiger partial charge in [0.1, 0.15) is 17.3 Å². The maximum absolute atomic E-state index is 13.5. The van der Waals surface area contributed by atoms with Crippen molar-refractivity contribution in [3.8, 4) is 11.5 Å². The first-order valence-corrected chi connectivity index (χ1v) is 9.31. The number of carboxylic acid groups (broad SMARTS) is 1. The van der Waals surface area contributed by atoms with E-state index >= 15 is 0 Å². The quantitative estimate of drug-likeness (QED) is 0.752. The van der Waals surface area contributed by atoms with Crippen LogP contribution in [0.4, 0.5) is 17.6 Å². The molecule has 2 aromatic rings. The third-order valence-corrected chi connectivity index (χ3v) is 4.83. The number of sulfone groups is 1. The van der Waals surface area contributed by atoms with E-state index in [2.05, 4.69) is 0 Å². The molecule has 146 valence electrons. The molecule has 2 aromatic carbocycles. The summed E-state index contributed by atoms with van der Waals surface area (Å²) in [6.45, 7) is 1.26. The molecular weight excluding hydrogens is 392 g/mol. The van der Waals surface area contributed by atoms with Crippen molar-refractivity contribution < 1.29 is 40.6 Å². The zero-order chi connectivity index (χ0) is 20.6. The predicted molar refractivity (Wildman–Crippen MR) is 87.1 cm³/mol. The highest BCUT2D eigenvalue weighted by atomic mass is 32.2. The average Bonchev–Trinajstić information content (AvgIpc) is 2.52. The molecule has 0 saturated carbocycles. The van der Waals surface area contributed by atoms with E-state index in [4.69, 9.17) is 9.84 Å². The fraction of sp³-hybridized carbons (Fsp3) is 0.235. The predicted octanol–water partition coefficient (Wildman–Crippen LogP) is 4.23. The molecule has 10 heteroatoms. The lowest BCUT2D eigenvalue weighted by Crippen LogP contribution is -2.11. The van der Waals surface area contributed by atoms with Gasteiger partial charge in [-0.05, 0) is 31.2 Å². The molecule has 1 atom stereocenters. The van der Waals surface area contributed by atoms with E-state index < -0.39 is 55.7 Å². The first-order valence-electron chi connectivity index (χ1n) is 7.42. The van der Waals surface area contributed by atoms with Crippen molar-refractivity contribution in [2.45, 2.75) is 23.9 Å². The highest BCUT2D eigenvalue weighted by Crippen LogP contribution is 2.41. The average molecular weight is 406 g/mol. The van der Waals surface area contributed by atoms with E-state index in [1.54, 1.807) is 0 Å². The Morgan fingerprint density at radius 3 is 2.26 bits per heavy atom. The summed E-state index contributed by atoms with van der Waals surface area (Å²) in [5.74, 6) is -4.49. The number of hydrogen-bond acceptors (Lipinski definition) is 4. The molecule has 5 nitrogen and oxygen atoms in total. The van der Waals surface area contributed by atoms with E-state index in [0.717, 1.165) is 36.6 Å². The molecule has 0 aromatic heterocycles. The van der Waals surface area contributed by atoms with Crippen LogP contribution in [0.15, 0.2) is 41.3 Å². The van der Waals surface area contributed by atoms with Gasteiger partial charge in [0, 0.05) is 17.9 Å². The monoisotopic (exact) mass is 406 g/mol. The van der Waals surface area contributed by atoms with Crippen LogP contribution in [-0.4, -0.2) is 25.7 Å². The molecule has 0 radical (unpaired) electrons. The maximum Gasteiger partial charge on any atom is 0.420 e. The number of aliphatic carboxylic acids is 1. The van der Waals surface area contributed by atoms with E-state index in [-0.39, 0.29) is 5.56 Å². The van der Waals surface area contributed by atoms with Gasteiger partial charge < -0.3 is 9.84 Å². The van der Waals surface area contributed by atoms with Crippen molar-refractivity contribution >= 4 is 15.8 Å². The first kappa shape index (κ1) is 20.7.